The fourth-order valence-electron chi connectivity index (χ4n) is 5.18. The number of sulfonamides is 1. The molecule has 7 nitrogen and oxygen atoms in total. The van der Waals surface area contributed by atoms with E-state index in [0.29, 0.717) is 29.9 Å². The molecule has 29 heavy (non-hydrogen) atoms. The Hall–Kier alpha value is -2.19. The Labute approximate surface area is 171 Å². The molecule has 1 aliphatic carbocycles. The Bertz CT molecular complexity index is 1090. The van der Waals surface area contributed by atoms with E-state index in [1.807, 2.05) is 13.0 Å². The number of hydrogen-bond donors (Lipinski definition) is 0. The molecule has 0 spiro atoms. The molecule has 0 unspecified atom stereocenters. The number of benzene rings is 1. The van der Waals surface area contributed by atoms with Gasteiger partial charge in [-0.15, -0.1) is 0 Å². The first-order valence-corrected chi connectivity index (χ1v) is 11.1. The van der Waals surface area contributed by atoms with Crippen LogP contribution in [0.3, 0.4) is 0 Å². The van der Waals surface area contributed by atoms with Gasteiger partial charge in [-0.3, -0.25) is 4.79 Å². The maximum atomic E-state index is 13.6. The first kappa shape index (κ1) is 20.1. The Morgan fingerprint density at radius 1 is 1.28 bits per heavy atom. The van der Waals surface area contributed by atoms with E-state index in [1.54, 1.807) is 25.1 Å². The highest BCUT2D eigenvalue weighted by Crippen LogP contribution is 2.63. The smallest absolute Gasteiger partial charge is 0.313 e. The zero-order valence-electron chi connectivity index (χ0n) is 17.4. The lowest BCUT2D eigenvalue weighted by atomic mass is 9.48. The van der Waals surface area contributed by atoms with Crippen LogP contribution in [0.4, 0.5) is 0 Å². The van der Waals surface area contributed by atoms with E-state index >= 15 is 0 Å². The number of aryl methyl sites for hydroxylation is 2. The molecule has 2 atom stereocenters. The van der Waals surface area contributed by atoms with Crippen LogP contribution in [-0.2, 0) is 19.6 Å². The van der Waals surface area contributed by atoms with Crippen LogP contribution in [-0.4, -0.2) is 44.0 Å². The number of ether oxygens (including phenoxy) is 1. The molecule has 2 fully saturated rings. The van der Waals surface area contributed by atoms with E-state index in [-0.39, 0.29) is 28.7 Å². The number of esters is 1. The van der Waals surface area contributed by atoms with Gasteiger partial charge in [-0.2, -0.15) is 4.31 Å². The Morgan fingerprint density at radius 3 is 2.59 bits per heavy atom. The van der Waals surface area contributed by atoms with Gasteiger partial charge in [0.25, 0.3) is 0 Å². The molecule has 2 aliphatic rings. The van der Waals surface area contributed by atoms with Gasteiger partial charge in [-0.05, 0) is 43.2 Å². The van der Waals surface area contributed by atoms with Gasteiger partial charge in [0.15, 0.2) is 5.76 Å². The SMILES string of the molecule is COC(=O)[C@@]12CN(S(=O)(=O)c3cc(-c4cc(C)no4)ccc3C)C[C@@H]1C(C)(C)C2. The van der Waals surface area contributed by atoms with E-state index in [1.165, 1.54) is 11.4 Å². The second-order valence-electron chi connectivity index (χ2n) is 8.98. The normalized spacial score (nSPS) is 26.0. The zero-order valence-corrected chi connectivity index (χ0v) is 18.2. The van der Waals surface area contributed by atoms with E-state index < -0.39 is 15.4 Å². The fourth-order valence-corrected chi connectivity index (χ4v) is 6.96. The van der Waals surface area contributed by atoms with Crippen molar-refractivity contribution in [3.8, 4) is 11.3 Å². The van der Waals surface area contributed by atoms with E-state index in [2.05, 4.69) is 19.0 Å². The fraction of sp³-hybridized carbons (Fsp3) is 0.524. The molecule has 2 aromatic rings. The highest BCUT2D eigenvalue weighted by atomic mass is 32.2. The number of carbonyl (C=O) groups is 1. The monoisotopic (exact) mass is 418 g/mol. The number of carbonyl (C=O) groups excluding carboxylic acids is 1. The lowest BCUT2D eigenvalue weighted by Crippen LogP contribution is -2.57. The number of hydrogen-bond acceptors (Lipinski definition) is 6. The first-order chi connectivity index (χ1) is 13.5. The summed E-state index contributed by atoms with van der Waals surface area (Å²) in [6, 6.07) is 6.98. The molecule has 2 heterocycles. The summed E-state index contributed by atoms with van der Waals surface area (Å²) in [6.07, 6.45) is 0.625. The summed E-state index contributed by atoms with van der Waals surface area (Å²) in [5, 5.41) is 3.88. The largest absolute Gasteiger partial charge is 0.469 e. The van der Waals surface area contributed by atoms with Crippen molar-refractivity contribution in [2.45, 2.75) is 39.0 Å². The zero-order chi connectivity index (χ0) is 21.2. The van der Waals surface area contributed by atoms with Crippen molar-refractivity contribution < 1.29 is 22.5 Å². The van der Waals surface area contributed by atoms with Gasteiger partial charge in [0, 0.05) is 24.7 Å². The Morgan fingerprint density at radius 2 is 2.00 bits per heavy atom. The minimum atomic E-state index is -3.79. The van der Waals surface area contributed by atoms with E-state index in [0.717, 1.165) is 5.69 Å². The average Bonchev–Trinajstić information content (AvgIpc) is 3.24. The highest BCUT2D eigenvalue weighted by molar-refractivity contribution is 7.89. The summed E-state index contributed by atoms with van der Waals surface area (Å²) < 4.78 is 38.9. The molecule has 1 saturated carbocycles. The maximum absolute atomic E-state index is 13.6. The van der Waals surface area contributed by atoms with E-state index in [4.69, 9.17) is 9.26 Å². The third-order valence-electron chi connectivity index (χ3n) is 6.54. The van der Waals surface area contributed by atoms with Gasteiger partial charge in [-0.25, -0.2) is 8.42 Å². The first-order valence-electron chi connectivity index (χ1n) is 9.64. The minimum absolute atomic E-state index is 0.0577. The predicted octanol–water partition coefficient (Wildman–Crippen LogP) is 3.17. The molecule has 1 saturated heterocycles. The number of rotatable bonds is 4. The molecule has 1 aliphatic heterocycles. The summed E-state index contributed by atoms with van der Waals surface area (Å²) in [4.78, 5) is 12.8. The molecular weight excluding hydrogens is 392 g/mol. The summed E-state index contributed by atoms with van der Waals surface area (Å²) in [5.74, 6) is 0.146. The third-order valence-corrected chi connectivity index (χ3v) is 8.49. The predicted molar refractivity (Wildman–Crippen MR) is 107 cm³/mol. The van der Waals surface area contributed by atoms with Crippen LogP contribution < -0.4 is 0 Å². The van der Waals surface area contributed by atoms with Gasteiger partial charge >= 0.3 is 5.97 Å². The van der Waals surface area contributed by atoms with Gasteiger partial charge in [0.1, 0.15) is 0 Å². The summed E-state index contributed by atoms with van der Waals surface area (Å²) in [5.41, 5.74) is 1.17. The van der Waals surface area contributed by atoms with Crippen LogP contribution >= 0.6 is 0 Å². The van der Waals surface area contributed by atoms with Gasteiger partial charge in [-0.1, -0.05) is 31.1 Å². The molecule has 1 aromatic heterocycles. The molecule has 0 N–H and O–H groups in total. The van der Waals surface area contributed by atoms with Crippen molar-refractivity contribution in [3.63, 3.8) is 0 Å². The van der Waals surface area contributed by atoms with Crippen molar-refractivity contribution in [3.05, 3.63) is 35.5 Å². The number of aromatic nitrogens is 1. The Balaban J connectivity index is 1.72. The molecule has 156 valence electrons. The minimum Gasteiger partial charge on any atom is -0.469 e. The second-order valence-corrected chi connectivity index (χ2v) is 10.9. The summed E-state index contributed by atoms with van der Waals surface area (Å²) in [6.45, 7) is 8.21. The van der Waals surface area contributed by atoms with Crippen molar-refractivity contribution >= 4 is 16.0 Å². The number of methoxy groups -OCH3 is 1. The molecular formula is C21H26N2O5S. The molecule has 0 bridgehead atoms. The summed E-state index contributed by atoms with van der Waals surface area (Å²) >= 11 is 0. The number of nitrogens with zero attached hydrogens (tertiary/aromatic N) is 2. The molecule has 0 radical (unpaired) electrons. The van der Waals surface area contributed by atoms with Crippen molar-refractivity contribution in [1.29, 1.82) is 0 Å². The molecule has 1 aromatic carbocycles. The van der Waals surface area contributed by atoms with Crippen LogP contribution in [0.1, 0.15) is 31.5 Å². The van der Waals surface area contributed by atoms with Crippen LogP contribution in [0.15, 0.2) is 33.7 Å². The highest BCUT2D eigenvalue weighted by Gasteiger charge is 2.68. The molecule has 8 heteroatoms. The maximum Gasteiger partial charge on any atom is 0.313 e. The van der Waals surface area contributed by atoms with Crippen LogP contribution in [0.25, 0.3) is 11.3 Å². The average molecular weight is 419 g/mol. The van der Waals surface area contributed by atoms with Crippen molar-refractivity contribution in [1.82, 2.24) is 9.46 Å². The topological polar surface area (TPSA) is 89.7 Å². The Kier molecular flexibility index (Phi) is 4.44. The van der Waals surface area contributed by atoms with Gasteiger partial charge in [0.2, 0.25) is 10.0 Å². The lowest BCUT2D eigenvalue weighted by Gasteiger charge is -2.54. The summed E-state index contributed by atoms with van der Waals surface area (Å²) in [7, 11) is -2.42. The standard InChI is InChI=1S/C21H26N2O5S/c1-13-6-7-15(16-8-14(2)22-28-16)9-17(13)29(25,26)23-10-18-20(3,4)11-21(18,12-23)19(24)27-5/h6-9,18H,10-12H2,1-5H3/t18-,21+/m1/s1. The molecule has 0 amide bonds. The van der Waals surface area contributed by atoms with Crippen molar-refractivity contribution in [2.75, 3.05) is 20.2 Å². The van der Waals surface area contributed by atoms with Crippen molar-refractivity contribution in [2.24, 2.45) is 16.7 Å². The van der Waals surface area contributed by atoms with Crippen LogP contribution in [0.5, 0.6) is 0 Å². The van der Waals surface area contributed by atoms with Crippen LogP contribution in [0, 0.1) is 30.6 Å². The quantitative estimate of drug-likeness (QED) is 0.709. The lowest BCUT2D eigenvalue weighted by molar-refractivity contribution is -0.174. The third kappa shape index (κ3) is 2.92. The van der Waals surface area contributed by atoms with Gasteiger partial charge < -0.3 is 9.26 Å². The number of fused-ring (bicyclic) bond motifs is 1. The second kappa shape index (κ2) is 6.40. The van der Waals surface area contributed by atoms with Crippen LogP contribution in [0.2, 0.25) is 0 Å². The van der Waals surface area contributed by atoms with Gasteiger partial charge in [0.05, 0.1) is 23.1 Å². The van der Waals surface area contributed by atoms with E-state index in [9.17, 15) is 13.2 Å². The molecule has 4 rings (SSSR count).